The fraction of sp³-hybridized carbons (Fsp3) is 0.333. The Hall–Kier alpha value is -1.88. The van der Waals surface area contributed by atoms with Gasteiger partial charge in [0.05, 0.1) is 16.7 Å². The second-order valence-corrected chi connectivity index (χ2v) is 5.80. The van der Waals surface area contributed by atoms with E-state index in [0.29, 0.717) is 5.13 Å². The lowest BCUT2D eigenvalue weighted by atomic mass is 10.1. The van der Waals surface area contributed by atoms with Crippen molar-refractivity contribution in [2.45, 2.75) is 33.8 Å². The van der Waals surface area contributed by atoms with Crippen molar-refractivity contribution < 1.29 is 9.53 Å². The number of nitrogens with one attached hydrogen (secondary N) is 1. The normalized spacial score (nSPS) is 10.7. The highest BCUT2D eigenvalue weighted by molar-refractivity contribution is 7.19. The fourth-order valence-corrected chi connectivity index (χ4v) is 2.84. The molecule has 20 heavy (non-hydrogen) atoms. The van der Waals surface area contributed by atoms with Crippen molar-refractivity contribution in [3.05, 3.63) is 30.0 Å². The van der Waals surface area contributed by atoms with Crippen molar-refractivity contribution in [1.82, 2.24) is 4.98 Å². The number of aryl methyl sites for hydroxylation is 1. The number of benzene rings is 1. The van der Waals surface area contributed by atoms with E-state index in [4.69, 9.17) is 4.74 Å². The van der Waals surface area contributed by atoms with Crippen LogP contribution in [0.3, 0.4) is 0 Å². The smallest absolute Gasteiger partial charge is 0.223 e. The molecule has 106 valence electrons. The molecule has 1 amide bonds. The molecule has 0 aliphatic carbocycles. The molecule has 1 N–H and O–H groups in total. The van der Waals surface area contributed by atoms with Gasteiger partial charge in [0.1, 0.15) is 5.75 Å². The average molecular weight is 290 g/mol. The summed E-state index contributed by atoms with van der Waals surface area (Å²) in [5, 5.41) is 3.35. The third-order valence-electron chi connectivity index (χ3n) is 2.57. The zero-order valence-electron chi connectivity index (χ0n) is 12.1. The van der Waals surface area contributed by atoms with Gasteiger partial charge in [0.15, 0.2) is 5.13 Å². The van der Waals surface area contributed by atoms with Gasteiger partial charge >= 0.3 is 0 Å². The fourth-order valence-electron chi connectivity index (χ4n) is 1.83. The molecule has 0 aliphatic heterocycles. The van der Waals surface area contributed by atoms with Crippen molar-refractivity contribution in [3.63, 3.8) is 0 Å². The molecular formula is C15H18N2O2S. The van der Waals surface area contributed by atoms with E-state index >= 15 is 0 Å². The Morgan fingerprint density at radius 3 is 2.50 bits per heavy atom. The Morgan fingerprint density at radius 1 is 1.30 bits per heavy atom. The number of ether oxygens (including phenoxy) is 1. The first-order chi connectivity index (χ1) is 9.45. The summed E-state index contributed by atoms with van der Waals surface area (Å²) in [6.45, 7) is 7.42. The van der Waals surface area contributed by atoms with Gasteiger partial charge in [-0.25, -0.2) is 4.98 Å². The second kappa shape index (κ2) is 6.05. The summed E-state index contributed by atoms with van der Waals surface area (Å²) in [6.07, 6.45) is 0.164. The Labute approximate surface area is 122 Å². The maximum absolute atomic E-state index is 11.1. The lowest BCUT2D eigenvalue weighted by Gasteiger charge is -2.09. The van der Waals surface area contributed by atoms with Gasteiger partial charge in [0.25, 0.3) is 0 Å². The van der Waals surface area contributed by atoms with Gasteiger partial charge in [0.2, 0.25) is 5.91 Å². The molecular weight excluding hydrogens is 272 g/mol. The summed E-state index contributed by atoms with van der Waals surface area (Å²) in [5.41, 5.74) is 1.99. The van der Waals surface area contributed by atoms with E-state index < -0.39 is 0 Å². The number of rotatable bonds is 4. The number of anilines is 1. The van der Waals surface area contributed by atoms with Crippen LogP contribution in [-0.2, 0) is 4.79 Å². The Kier molecular flexibility index (Phi) is 4.39. The summed E-state index contributed by atoms with van der Waals surface area (Å²) in [7, 11) is 0. The van der Waals surface area contributed by atoms with Gasteiger partial charge in [-0.05, 0) is 50.6 Å². The molecule has 0 saturated heterocycles. The maximum atomic E-state index is 11.1. The predicted molar refractivity (Wildman–Crippen MR) is 82.4 cm³/mol. The van der Waals surface area contributed by atoms with E-state index in [9.17, 15) is 4.79 Å². The molecule has 2 rings (SSSR count). The molecule has 1 aromatic carbocycles. The number of carbonyl (C=O) groups is 1. The molecule has 0 unspecified atom stereocenters. The zero-order chi connectivity index (χ0) is 14.7. The molecule has 1 heterocycles. The molecule has 2 aromatic rings. The monoisotopic (exact) mass is 290 g/mol. The average Bonchev–Trinajstić information content (AvgIpc) is 2.69. The van der Waals surface area contributed by atoms with Crippen molar-refractivity contribution in [1.29, 1.82) is 0 Å². The lowest BCUT2D eigenvalue weighted by molar-refractivity contribution is -0.114. The quantitative estimate of drug-likeness (QED) is 0.930. The highest BCUT2D eigenvalue weighted by Gasteiger charge is 2.10. The maximum Gasteiger partial charge on any atom is 0.223 e. The Bertz CT molecular complexity index is 603. The highest BCUT2D eigenvalue weighted by atomic mass is 32.1. The highest BCUT2D eigenvalue weighted by Crippen LogP contribution is 2.33. The first kappa shape index (κ1) is 14.5. The molecule has 0 bridgehead atoms. The topological polar surface area (TPSA) is 51.2 Å². The molecule has 5 heteroatoms. The molecule has 0 radical (unpaired) electrons. The minimum absolute atomic E-state index is 0.106. The van der Waals surface area contributed by atoms with Crippen LogP contribution in [0.5, 0.6) is 5.75 Å². The summed E-state index contributed by atoms with van der Waals surface area (Å²) in [5.74, 6) is 0.749. The summed E-state index contributed by atoms with van der Waals surface area (Å²) in [4.78, 5) is 16.5. The minimum atomic E-state index is -0.106. The number of hydrogen-bond donors (Lipinski definition) is 1. The number of hydrogen-bond acceptors (Lipinski definition) is 4. The summed E-state index contributed by atoms with van der Waals surface area (Å²) >= 11 is 1.48. The predicted octanol–water partition coefficient (Wildman–Crippen LogP) is 3.86. The van der Waals surface area contributed by atoms with Crippen LogP contribution < -0.4 is 10.1 Å². The van der Waals surface area contributed by atoms with Gasteiger partial charge in [-0.2, -0.15) is 0 Å². The van der Waals surface area contributed by atoms with Crippen LogP contribution in [-0.4, -0.2) is 17.0 Å². The van der Waals surface area contributed by atoms with Crippen LogP contribution in [0, 0.1) is 6.92 Å². The van der Waals surface area contributed by atoms with Crippen LogP contribution in [0.15, 0.2) is 24.3 Å². The van der Waals surface area contributed by atoms with E-state index in [1.54, 1.807) is 0 Å². The molecule has 4 nitrogen and oxygen atoms in total. The van der Waals surface area contributed by atoms with Crippen LogP contribution in [0.1, 0.15) is 26.5 Å². The van der Waals surface area contributed by atoms with Crippen molar-refractivity contribution in [2.75, 3.05) is 5.32 Å². The third kappa shape index (κ3) is 3.57. The number of nitrogens with zero attached hydrogens (tertiary/aromatic N) is 1. The van der Waals surface area contributed by atoms with Crippen LogP contribution >= 0.6 is 11.3 Å². The Morgan fingerprint density at radius 2 is 1.95 bits per heavy atom. The van der Waals surface area contributed by atoms with Crippen LogP contribution in [0.25, 0.3) is 10.4 Å². The van der Waals surface area contributed by atoms with Crippen molar-refractivity contribution in [3.8, 4) is 16.2 Å². The minimum Gasteiger partial charge on any atom is -0.491 e. The van der Waals surface area contributed by atoms with Crippen LogP contribution in [0.2, 0.25) is 0 Å². The van der Waals surface area contributed by atoms with Gasteiger partial charge in [-0.3, -0.25) is 4.79 Å². The molecule has 0 saturated carbocycles. The molecule has 0 aliphatic rings. The first-order valence-corrected chi connectivity index (χ1v) is 7.29. The standard InChI is InChI=1S/C15H18N2O2S/c1-9(2)19-13-7-5-12(6-8-13)14-10(3)16-15(20-14)17-11(4)18/h5-9H,1-4H3,(H,16,17,18). The Balaban J connectivity index is 2.23. The number of aromatic nitrogens is 1. The second-order valence-electron chi connectivity index (χ2n) is 4.81. The molecule has 0 spiro atoms. The van der Waals surface area contributed by atoms with Gasteiger partial charge in [-0.15, -0.1) is 0 Å². The number of carbonyl (C=O) groups excluding carboxylic acids is 1. The molecule has 0 atom stereocenters. The number of thiazole rings is 1. The SMILES string of the molecule is CC(=O)Nc1nc(C)c(-c2ccc(OC(C)C)cc2)s1. The van der Waals surface area contributed by atoms with Crippen LogP contribution in [0.4, 0.5) is 5.13 Å². The first-order valence-electron chi connectivity index (χ1n) is 6.48. The lowest BCUT2D eigenvalue weighted by Crippen LogP contribution is -2.05. The number of amides is 1. The largest absolute Gasteiger partial charge is 0.491 e. The van der Waals surface area contributed by atoms with E-state index in [2.05, 4.69) is 10.3 Å². The van der Waals surface area contributed by atoms with Crippen molar-refractivity contribution >= 4 is 22.4 Å². The van der Waals surface area contributed by atoms with E-state index in [1.807, 2.05) is 45.0 Å². The van der Waals surface area contributed by atoms with Gasteiger partial charge < -0.3 is 10.1 Å². The summed E-state index contributed by atoms with van der Waals surface area (Å²) in [6, 6.07) is 7.92. The third-order valence-corrected chi connectivity index (χ3v) is 3.69. The van der Waals surface area contributed by atoms with E-state index in [-0.39, 0.29) is 12.0 Å². The van der Waals surface area contributed by atoms with Gasteiger partial charge in [0, 0.05) is 6.92 Å². The molecule has 0 fully saturated rings. The van der Waals surface area contributed by atoms with E-state index in [0.717, 1.165) is 21.9 Å². The zero-order valence-corrected chi connectivity index (χ0v) is 12.9. The molecule has 1 aromatic heterocycles. The van der Waals surface area contributed by atoms with E-state index in [1.165, 1.54) is 18.3 Å². The summed E-state index contributed by atoms with van der Waals surface area (Å²) < 4.78 is 5.62. The van der Waals surface area contributed by atoms with Crippen molar-refractivity contribution in [2.24, 2.45) is 0 Å². The van der Waals surface area contributed by atoms with Gasteiger partial charge in [-0.1, -0.05) is 11.3 Å².